The number of aliphatic hydroxyl groups excluding tert-OH is 1. The fourth-order valence-corrected chi connectivity index (χ4v) is 5.04. The molecule has 1 aromatic heterocycles. The van der Waals surface area contributed by atoms with Gasteiger partial charge in [0.1, 0.15) is 23.4 Å². The van der Waals surface area contributed by atoms with Gasteiger partial charge < -0.3 is 14.7 Å². The van der Waals surface area contributed by atoms with Crippen LogP contribution in [0.4, 0.5) is 0 Å². The Morgan fingerprint density at radius 1 is 1.18 bits per heavy atom. The van der Waals surface area contributed by atoms with Gasteiger partial charge in [0, 0.05) is 19.5 Å². The summed E-state index contributed by atoms with van der Waals surface area (Å²) in [6.07, 6.45) is 5.25. The molecule has 178 valence electrons. The lowest BCUT2D eigenvalue weighted by molar-refractivity contribution is -0.150. The van der Waals surface area contributed by atoms with E-state index in [1.807, 2.05) is 30.3 Å². The molecule has 1 fully saturated rings. The minimum atomic E-state index is -1.04. The lowest BCUT2D eigenvalue weighted by atomic mass is 9.78. The molecule has 34 heavy (non-hydrogen) atoms. The van der Waals surface area contributed by atoms with Crippen LogP contribution in [0.25, 0.3) is 0 Å². The number of nitrogens with zero attached hydrogens (tertiary/aromatic N) is 5. The maximum Gasteiger partial charge on any atom is 0.223 e. The third kappa shape index (κ3) is 3.94. The monoisotopic (exact) mass is 463 g/mol. The number of rotatable bonds is 5. The van der Waals surface area contributed by atoms with Gasteiger partial charge in [-0.1, -0.05) is 36.4 Å². The quantitative estimate of drug-likeness (QED) is 0.721. The number of Topliss-reactive ketones (excluding diaryl/α,β-unsaturated/α-hetero) is 1. The fourth-order valence-electron chi connectivity index (χ4n) is 5.04. The summed E-state index contributed by atoms with van der Waals surface area (Å²) in [5.74, 6) is -0.170. The summed E-state index contributed by atoms with van der Waals surface area (Å²) in [7, 11) is 0. The van der Waals surface area contributed by atoms with E-state index in [9.17, 15) is 14.7 Å². The molecule has 0 bridgehead atoms. The van der Waals surface area contributed by atoms with E-state index in [4.69, 9.17) is 4.74 Å². The van der Waals surface area contributed by atoms with Gasteiger partial charge in [-0.05, 0) is 55.2 Å². The lowest BCUT2D eigenvalue weighted by Crippen LogP contribution is -2.61. The van der Waals surface area contributed by atoms with E-state index >= 15 is 0 Å². The van der Waals surface area contributed by atoms with Gasteiger partial charge in [-0.15, -0.1) is 5.10 Å². The number of aromatic nitrogens is 4. The highest BCUT2D eigenvalue weighted by Gasteiger charge is 2.51. The van der Waals surface area contributed by atoms with Crippen molar-refractivity contribution in [2.75, 3.05) is 6.54 Å². The topological polar surface area (TPSA) is 110 Å². The highest BCUT2D eigenvalue weighted by atomic mass is 16.5. The molecule has 0 saturated carbocycles. The van der Waals surface area contributed by atoms with Crippen LogP contribution in [0.5, 0.6) is 0 Å². The van der Waals surface area contributed by atoms with E-state index in [1.54, 1.807) is 35.6 Å². The number of aliphatic hydroxyl groups is 1. The summed E-state index contributed by atoms with van der Waals surface area (Å²) in [5, 5.41) is 23.3. The molecule has 3 unspecified atom stereocenters. The van der Waals surface area contributed by atoms with E-state index in [0.29, 0.717) is 36.7 Å². The molecule has 1 amide bonds. The number of hydrogen-bond donors (Lipinski definition) is 1. The predicted molar refractivity (Wildman–Crippen MR) is 122 cm³/mol. The molecule has 3 aliphatic rings. The fraction of sp³-hybridized carbons (Fsp3) is 0.480. The molecular weight excluding hydrogens is 434 g/mol. The van der Waals surface area contributed by atoms with Gasteiger partial charge in [0.25, 0.3) is 0 Å². The largest absolute Gasteiger partial charge is 0.485 e. The number of hydrogen-bond acceptors (Lipinski definition) is 7. The minimum Gasteiger partial charge on any atom is -0.485 e. The molecule has 1 aromatic carbocycles. The predicted octanol–water partition coefficient (Wildman–Crippen LogP) is 1.94. The van der Waals surface area contributed by atoms with Crippen LogP contribution < -0.4 is 0 Å². The Morgan fingerprint density at radius 3 is 2.74 bits per heavy atom. The van der Waals surface area contributed by atoms with E-state index < -0.39 is 23.7 Å². The van der Waals surface area contributed by atoms with Crippen molar-refractivity contribution < 1.29 is 19.4 Å². The number of amides is 1. The molecule has 0 radical (unpaired) electrons. The first-order valence-electron chi connectivity index (χ1n) is 11.8. The average Bonchev–Trinajstić information content (AvgIpc) is 3.29. The van der Waals surface area contributed by atoms with Crippen molar-refractivity contribution in [3.05, 3.63) is 65.2 Å². The molecule has 2 aliphatic heterocycles. The van der Waals surface area contributed by atoms with Crippen molar-refractivity contribution >= 4 is 11.7 Å². The second-order valence-corrected chi connectivity index (χ2v) is 9.61. The number of allylic oxidation sites excluding steroid dienone is 2. The molecule has 5 rings (SSSR count). The highest BCUT2D eigenvalue weighted by molar-refractivity contribution is 6.05. The van der Waals surface area contributed by atoms with Crippen LogP contribution in [0.3, 0.4) is 0 Å². The Morgan fingerprint density at radius 2 is 1.97 bits per heavy atom. The molecule has 1 N–H and O–H groups in total. The summed E-state index contributed by atoms with van der Waals surface area (Å²) in [4.78, 5) is 28.3. The zero-order chi connectivity index (χ0) is 23.9. The van der Waals surface area contributed by atoms with Crippen LogP contribution in [-0.4, -0.2) is 66.2 Å². The van der Waals surface area contributed by atoms with E-state index in [0.717, 1.165) is 24.8 Å². The number of tetrazole rings is 1. The van der Waals surface area contributed by atoms with Gasteiger partial charge >= 0.3 is 0 Å². The van der Waals surface area contributed by atoms with Crippen LogP contribution in [0.15, 0.2) is 53.8 Å². The van der Waals surface area contributed by atoms with Gasteiger partial charge in [-0.3, -0.25) is 9.59 Å². The summed E-state index contributed by atoms with van der Waals surface area (Å²) < 4.78 is 7.69. The van der Waals surface area contributed by atoms with Crippen LogP contribution >= 0.6 is 0 Å². The van der Waals surface area contributed by atoms with Gasteiger partial charge in [-0.25, -0.2) is 4.68 Å². The molecule has 9 nitrogen and oxygen atoms in total. The van der Waals surface area contributed by atoms with Crippen LogP contribution in [0, 0.1) is 0 Å². The van der Waals surface area contributed by atoms with Gasteiger partial charge in [0.05, 0.1) is 11.6 Å². The first-order valence-corrected chi connectivity index (χ1v) is 11.8. The Labute approximate surface area is 198 Å². The standard InChI is InChI=1S/C25H29N5O4/c1-25(2)23(33)21(29-14-7-6-10-19(29)31)20-18(34-25)12-11-17(22(20)32)24-26-27-28-30(24)15-13-16-8-4-3-5-9-16/h3-5,8-9,11-12,17,21,23,33H,6-7,10,13-15H2,1-2H3. The number of carbonyl (C=O) groups excluding carboxylic acids is 2. The Balaban J connectivity index is 1.46. The molecule has 1 saturated heterocycles. The first kappa shape index (κ1) is 22.5. The van der Waals surface area contributed by atoms with Crippen molar-refractivity contribution in [3.63, 3.8) is 0 Å². The van der Waals surface area contributed by atoms with Crippen molar-refractivity contribution in [1.82, 2.24) is 25.1 Å². The summed E-state index contributed by atoms with van der Waals surface area (Å²) in [6.45, 7) is 4.58. The molecule has 0 spiro atoms. The van der Waals surface area contributed by atoms with Crippen molar-refractivity contribution in [2.24, 2.45) is 0 Å². The summed E-state index contributed by atoms with van der Waals surface area (Å²) in [5.41, 5.74) is 0.525. The van der Waals surface area contributed by atoms with Crippen LogP contribution in [-0.2, 0) is 27.3 Å². The number of ether oxygens (including phenoxy) is 1. The summed E-state index contributed by atoms with van der Waals surface area (Å²) in [6, 6.07) is 9.24. The Hall–Kier alpha value is -3.33. The third-order valence-corrected chi connectivity index (χ3v) is 6.92. The molecule has 3 heterocycles. The van der Waals surface area contributed by atoms with Crippen molar-refractivity contribution in [2.45, 2.75) is 69.7 Å². The molecule has 2 aromatic rings. The van der Waals surface area contributed by atoms with Crippen molar-refractivity contribution in [1.29, 1.82) is 0 Å². The third-order valence-electron chi connectivity index (χ3n) is 6.92. The zero-order valence-corrected chi connectivity index (χ0v) is 19.4. The lowest BCUT2D eigenvalue weighted by Gasteiger charge is -2.48. The van der Waals surface area contributed by atoms with Gasteiger partial charge in [-0.2, -0.15) is 0 Å². The smallest absolute Gasteiger partial charge is 0.223 e. The van der Waals surface area contributed by atoms with E-state index in [2.05, 4.69) is 15.5 Å². The van der Waals surface area contributed by atoms with Crippen LogP contribution in [0.1, 0.15) is 50.4 Å². The molecule has 9 heteroatoms. The SMILES string of the molecule is CC1(C)OC2=C(C(=O)C(c3nnnn3CCc3ccccc3)C=C2)C(N2CCCCC2=O)C1O. The zero-order valence-electron chi connectivity index (χ0n) is 19.4. The maximum absolute atomic E-state index is 13.9. The normalized spacial score (nSPS) is 26.4. The second kappa shape index (κ2) is 8.79. The van der Waals surface area contributed by atoms with E-state index in [1.165, 1.54) is 0 Å². The Kier molecular flexibility index (Phi) is 5.81. The molecule has 3 atom stereocenters. The van der Waals surface area contributed by atoms with Crippen molar-refractivity contribution in [3.8, 4) is 0 Å². The number of piperidine rings is 1. The molecule has 1 aliphatic carbocycles. The highest BCUT2D eigenvalue weighted by Crippen LogP contribution is 2.41. The van der Waals surface area contributed by atoms with Crippen LogP contribution in [0.2, 0.25) is 0 Å². The minimum absolute atomic E-state index is 0.0496. The molecular formula is C25H29N5O4. The number of carbonyl (C=O) groups is 2. The van der Waals surface area contributed by atoms with Gasteiger partial charge in [0.2, 0.25) is 5.91 Å². The number of ketones is 1. The average molecular weight is 464 g/mol. The number of likely N-dealkylation sites (tertiary alicyclic amines) is 1. The summed E-state index contributed by atoms with van der Waals surface area (Å²) >= 11 is 0. The maximum atomic E-state index is 13.9. The van der Waals surface area contributed by atoms with Gasteiger partial charge in [0.15, 0.2) is 11.6 Å². The van der Waals surface area contributed by atoms with E-state index in [-0.39, 0.29) is 11.7 Å². The number of benzene rings is 1. The number of aryl methyl sites for hydroxylation is 2. The second-order valence-electron chi connectivity index (χ2n) is 9.61. The Bertz CT molecular complexity index is 1150. The first-order chi connectivity index (χ1) is 16.4.